The number of rotatable bonds is 7. The second-order valence-corrected chi connectivity index (χ2v) is 7.50. The maximum Gasteiger partial charge on any atom is 0.338 e. The van der Waals surface area contributed by atoms with Crippen molar-refractivity contribution in [3.05, 3.63) is 86.6 Å². The van der Waals surface area contributed by atoms with E-state index in [2.05, 4.69) is 20.1 Å². The highest BCUT2D eigenvalue weighted by molar-refractivity contribution is 7.99. The Labute approximate surface area is 171 Å². The van der Waals surface area contributed by atoms with Gasteiger partial charge in [-0.15, -0.1) is 0 Å². The number of hydrogen-bond acceptors (Lipinski definition) is 6. The van der Waals surface area contributed by atoms with Crippen LogP contribution < -0.4 is 0 Å². The molecule has 1 fully saturated rings. The van der Waals surface area contributed by atoms with Gasteiger partial charge in [-0.3, -0.25) is 0 Å². The number of benzene rings is 2. The second kappa shape index (κ2) is 9.86. The van der Waals surface area contributed by atoms with Crippen molar-refractivity contribution in [2.75, 3.05) is 6.61 Å². The molecule has 0 aromatic heterocycles. The average Bonchev–Trinajstić information content (AvgIpc) is 3.05. The highest BCUT2D eigenvalue weighted by atomic mass is 32.2. The van der Waals surface area contributed by atoms with Crippen LogP contribution >= 0.6 is 11.8 Å². The largest absolute Gasteiger partial charge is 0.459 e. The lowest BCUT2D eigenvalue weighted by Crippen LogP contribution is -2.31. The summed E-state index contributed by atoms with van der Waals surface area (Å²) < 4.78 is 11.3. The normalized spacial score (nSPS) is 22.9. The molecule has 0 radical (unpaired) electrons. The molecular weight excluding hydrogens is 392 g/mol. The molecule has 1 saturated heterocycles. The Kier molecular flexibility index (Phi) is 6.99. The molecule has 0 amide bonds. The Morgan fingerprint density at radius 1 is 1.07 bits per heavy atom. The number of hydrogen-bond donors (Lipinski definition) is 0. The van der Waals surface area contributed by atoms with E-state index in [-0.39, 0.29) is 6.61 Å². The first kappa shape index (κ1) is 20.6. The molecule has 1 aliphatic rings. The van der Waals surface area contributed by atoms with Gasteiger partial charge in [-0.05, 0) is 42.3 Å². The minimum absolute atomic E-state index is 0.125. The zero-order valence-electron chi connectivity index (χ0n) is 15.5. The maximum absolute atomic E-state index is 12.2. The number of carbonyl (C=O) groups excluding carboxylic acids is 1. The van der Waals surface area contributed by atoms with Crippen LogP contribution in [-0.2, 0) is 9.47 Å². The zero-order valence-corrected chi connectivity index (χ0v) is 16.3. The summed E-state index contributed by atoms with van der Waals surface area (Å²) in [4.78, 5) is 18.9. The number of thioether (sulfide) groups is 1. The Balaban J connectivity index is 1.75. The van der Waals surface area contributed by atoms with Crippen LogP contribution in [0.2, 0.25) is 0 Å². The fourth-order valence-corrected chi connectivity index (χ4v) is 4.02. The van der Waals surface area contributed by atoms with Gasteiger partial charge >= 0.3 is 5.97 Å². The number of aryl methyl sites for hydroxylation is 1. The van der Waals surface area contributed by atoms with Gasteiger partial charge < -0.3 is 9.47 Å². The summed E-state index contributed by atoms with van der Waals surface area (Å²) in [6.45, 7) is 1.86. The minimum Gasteiger partial charge on any atom is -0.459 e. The molecule has 3 rings (SSSR count). The van der Waals surface area contributed by atoms with Crippen molar-refractivity contribution in [2.24, 2.45) is 10.2 Å². The quantitative estimate of drug-likeness (QED) is 0.274. The lowest BCUT2D eigenvalue weighted by Gasteiger charge is -2.15. The zero-order chi connectivity index (χ0) is 20.6. The molecule has 10 heteroatoms. The molecule has 0 unspecified atom stereocenters. The predicted molar refractivity (Wildman–Crippen MR) is 108 cm³/mol. The summed E-state index contributed by atoms with van der Waals surface area (Å²) in [6, 6.07) is 14.8. The van der Waals surface area contributed by atoms with E-state index in [1.165, 1.54) is 11.8 Å². The Morgan fingerprint density at radius 3 is 2.38 bits per heavy atom. The van der Waals surface area contributed by atoms with Crippen LogP contribution in [0.3, 0.4) is 0 Å². The third kappa shape index (κ3) is 5.22. The lowest BCUT2D eigenvalue weighted by atomic mass is 10.1. The molecular formula is C19H18N6O3S. The average molecular weight is 410 g/mol. The number of ether oxygens (including phenoxy) is 2. The van der Waals surface area contributed by atoms with Crippen LogP contribution in [0.15, 0.2) is 69.7 Å². The molecule has 0 bridgehead atoms. The monoisotopic (exact) mass is 410 g/mol. The van der Waals surface area contributed by atoms with Gasteiger partial charge in [-0.2, -0.15) is 0 Å². The summed E-state index contributed by atoms with van der Waals surface area (Å²) in [5.74, 6) is -0.510. The van der Waals surface area contributed by atoms with E-state index in [1.807, 2.05) is 31.2 Å². The number of nitrogens with zero attached hydrogens (tertiary/aromatic N) is 6. The molecule has 1 aliphatic heterocycles. The van der Waals surface area contributed by atoms with Crippen molar-refractivity contribution in [3.63, 3.8) is 0 Å². The van der Waals surface area contributed by atoms with E-state index in [0.29, 0.717) is 5.56 Å². The standard InChI is InChI=1S/C19H18N6O3S/c1-12-7-9-14(10-8-12)29-19-17(23-25-21)16(22-24-20)15(28-19)11-27-18(26)13-5-3-2-4-6-13/h2-10,15-17,19H,11H2,1H3/t15-,16-,17-,19+/m1/s1. The number of esters is 1. The van der Waals surface area contributed by atoms with Gasteiger partial charge in [0.25, 0.3) is 0 Å². The molecule has 148 valence electrons. The molecule has 0 N–H and O–H groups in total. The Hall–Kier alpha value is -3.16. The van der Waals surface area contributed by atoms with Crippen LogP contribution in [0.4, 0.5) is 0 Å². The van der Waals surface area contributed by atoms with Crippen molar-refractivity contribution >= 4 is 17.7 Å². The summed E-state index contributed by atoms with van der Waals surface area (Å²) in [5, 5.41) is 7.53. The Bertz CT molecular complexity index is 942. The lowest BCUT2D eigenvalue weighted by molar-refractivity contribution is 0.00768. The van der Waals surface area contributed by atoms with Crippen molar-refractivity contribution in [3.8, 4) is 0 Å². The van der Waals surface area contributed by atoms with Gasteiger partial charge in [-0.1, -0.05) is 57.9 Å². The van der Waals surface area contributed by atoms with Crippen LogP contribution in [0.1, 0.15) is 15.9 Å². The van der Waals surface area contributed by atoms with Crippen LogP contribution in [0, 0.1) is 6.92 Å². The minimum atomic E-state index is -0.789. The highest BCUT2D eigenvalue weighted by Gasteiger charge is 2.44. The third-order valence-electron chi connectivity index (χ3n) is 4.35. The maximum atomic E-state index is 12.2. The van der Waals surface area contributed by atoms with E-state index >= 15 is 0 Å². The third-order valence-corrected chi connectivity index (χ3v) is 5.52. The first-order chi connectivity index (χ1) is 14.1. The van der Waals surface area contributed by atoms with Crippen LogP contribution in [-0.4, -0.2) is 36.2 Å². The van der Waals surface area contributed by atoms with Crippen LogP contribution in [0.25, 0.3) is 20.9 Å². The topological polar surface area (TPSA) is 133 Å². The van der Waals surface area contributed by atoms with E-state index in [4.69, 9.17) is 20.5 Å². The summed E-state index contributed by atoms with van der Waals surface area (Å²) >= 11 is 1.36. The molecule has 0 saturated carbocycles. The van der Waals surface area contributed by atoms with Gasteiger partial charge in [0.05, 0.1) is 17.6 Å². The van der Waals surface area contributed by atoms with Gasteiger partial charge in [0, 0.05) is 14.7 Å². The molecule has 0 aliphatic carbocycles. The van der Waals surface area contributed by atoms with Crippen LogP contribution in [0.5, 0.6) is 0 Å². The second-order valence-electron chi connectivity index (χ2n) is 6.33. The Morgan fingerprint density at radius 2 is 1.72 bits per heavy atom. The molecule has 4 atom stereocenters. The molecule has 2 aromatic rings. The van der Waals surface area contributed by atoms with Crippen molar-refractivity contribution in [1.29, 1.82) is 0 Å². The first-order valence-corrected chi connectivity index (χ1v) is 9.69. The van der Waals surface area contributed by atoms with Gasteiger partial charge in [0.1, 0.15) is 18.1 Å². The fraction of sp³-hybridized carbons (Fsp3) is 0.316. The van der Waals surface area contributed by atoms with Crippen molar-refractivity contribution in [1.82, 2.24) is 0 Å². The number of azide groups is 2. The fourth-order valence-electron chi connectivity index (χ4n) is 2.90. The van der Waals surface area contributed by atoms with Gasteiger partial charge in [0.2, 0.25) is 0 Å². The van der Waals surface area contributed by atoms with Crippen molar-refractivity contribution < 1.29 is 14.3 Å². The van der Waals surface area contributed by atoms with Gasteiger partial charge in [-0.25, -0.2) is 4.79 Å². The van der Waals surface area contributed by atoms with E-state index in [0.717, 1.165) is 10.5 Å². The summed E-state index contributed by atoms with van der Waals surface area (Å²) in [5.41, 5.74) is 18.8. The van der Waals surface area contributed by atoms with E-state index < -0.39 is 29.6 Å². The van der Waals surface area contributed by atoms with E-state index in [9.17, 15) is 4.79 Å². The molecule has 0 spiro atoms. The molecule has 9 nitrogen and oxygen atoms in total. The molecule has 1 heterocycles. The first-order valence-electron chi connectivity index (χ1n) is 8.81. The predicted octanol–water partition coefficient (Wildman–Crippen LogP) is 5.03. The number of carbonyl (C=O) groups is 1. The SMILES string of the molecule is Cc1ccc(S[C@@H]2O[C@H](COC(=O)c3ccccc3)[C@@H](N=[N+]=[N-])[C@H]2N=[N+]=[N-])cc1. The molecule has 2 aromatic carbocycles. The molecule has 29 heavy (non-hydrogen) atoms. The summed E-state index contributed by atoms with van der Waals surface area (Å²) in [6.07, 6.45) is -0.725. The van der Waals surface area contributed by atoms with E-state index in [1.54, 1.807) is 30.3 Å². The highest BCUT2D eigenvalue weighted by Crippen LogP contribution is 2.37. The summed E-state index contributed by atoms with van der Waals surface area (Å²) in [7, 11) is 0. The van der Waals surface area contributed by atoms with Gasteiger partial charge in [0.15, 0.2) is 0 Å². The smallest absolute Gasteiger partial charge is 0.338 e. The van der Waals surface area contributed by atoms with Crippen molar-refractivity contribution in [2.45, 2.75) is 35.4 Å².